The molecule has 1 aliphatic heterocycles. The van der Waals surface area contributed by atoms with Crippen molar-refractivity contribution in [2.45, 2.75) is 12.8 Å². The summed E-state index contributed by atoms with van der Waals surface area (Å²) in [4.78, 5) is 13.8. The maximum atomic E-state index is 11.6. The number of hydrogen-bond donors (Lipinski definition) is 2. The summed E-state index contributed by atoms with van der Waals surface area (Å²) in [5.41, 5.74) is 0. The fourth-order valence-electron chi connectivity index (χ4n) is 2.27. The van der Waals surface area contributed by atoms with Crippen molar-refractivity contribution < 1.29 is 9.53 Å². The number of carbonyl (C=O) groups is 1. The van der Waals surface area contributed by atoms with Crippen LogP contribution < -0.4 is 10.6 Å². The molecule has 0 aromatic carbocycles. The van der Waals surface area contributed by atoms with Gasteiger partial charge in [0.1, 0.15) is 0 Å². The van der Waals surface area contributed by atoms with Gasteiger partial charge in [-0.15, -0.1) is 6.58 Å². The van der Waals surface area contributed by atoms with Gasteiger partial charge in [-0.25, -0.2) is 0 Å². The second-order valence-electron chi connectivity index (χ2n) is 5.01. The third-order valence-electron chi connectivity index (χ3n) is 3.43. The first kappa shape index (κ1) is 16.1. The van der Waals surface area contributed by atoms with Crippen LogP contribution in [0.5, 0.6) is 0 Å². The number of hydrogen-bond acceptors (Lipinski definition) is 4. The van der Waals surface area contributed by atoms with Crippen LogP contribution in [0.1, 0.15) is 12.8 Å². The zero-order valence-electron chi connectivity index (χ0n) is 12.0. The molecule has 1 heterocycles. The van der Waals surface area contributed by atoms with Crippen LogP contribution in [-0.2, 0) is 9.53 Å². The number of piperidine rings is 1. The van der Waals surface area contributed by atoms with Crippen molar-refractivity contribution in [1.82, 2.24) is 15.5 Å². The molecule has 2 N–H and O–H groups in total. The summed E-state index contributed by atoms with van der Waals surface area (Å²) in [6, 6.07) is 0. The Kier molecular flexibility index (Phi) is 8.45. The molecule has 110 valence electrons. The summed E-state index contributed by atoms with van der Waals surface area (Å²) < 4.78 is 5.00. The molecule has 1 fully saturated rings. The number of nitrogens with zero attached hydrogens (tertiary/aromatic N) is 1. The van der Waals surface area contributed by atoms with Crippen LogP contribution in [-0.4, -0.2) is 63.8 Å². The highest BCUT2D eigenvalue weighted by molar-refractivity contribution is 5.78. The molecule has 1 aliphatic rings. The van der Waals surface area contributed by atoms with E-state index in [1.54, 1.807) is 13.2 Å². The van der Waals surface area contributed by atoms with Gasteiger partial charge in [-0.05, 0) is 38.4 Å². The number of nitrogens with one attached hydrogen (secondary N) is 2. The number of methoxy groups -OCH3 is 1. The van der Waals surface area contributed by atoms with E-state index in [1.807, 2.05) is 0 Å². The summed E-state index contributed by atoms with van der Waals surface area (Å²) >= 11 is 0. The van der Waals surface area contributed by atoms with Crippen molar-refractivity contribution >= 4 is 5.91 Å². The molecule has 1 rings (SSSR count). The first-order valence-electron chi connectivity index (χ1n) is 7.06. The third-order valence-corrected chi connectivity index (χ3v) is 3.43. The molecular formula is C14H27N3O2. The zero-order chi connectivity index (χ0) is 13.9. The van der Waals surface area contributed by atoms with Crippen LogP contribution in [0.2, 0.25) is 0 Å². The van der Waals surface area contributed by atoms with Crippen molar-refractivity contribution in [2.75, 3.05) is 53.0 Å². The predicted octanol–water partition coefficient (Wildman–Crippen LogP) is 0.237. The van der Waals surface area contributed by atoms with E-state index in [0.29, 0.717) is 13.1 Å². The molecule has 0 bridgehead atoms. The Hall–Kier alpha value is -0.910. The maximum Gasteiger partial charge on any atom is 0.234 e. The zero-order valence-corrected chi connectivity index (χ0v) is 12.0. The SMILES string of the molecule is C=CCNC(=O)CN1CCC(CNCCOC)CC1. The van der Waals surface area contributed by atoms with Crippen molar-refractivity contribution in [3.8, 4) is 0 Å². The largest absolute Gasteiger partial charge is 0.383 e. The molecule has 0 atom stereocenters. The molecule has 0 aromatic heterocycles. The fraction of sp³-hybridized carbons (Fsp3) is 0.786. The molecule has 0 radical (unpaired) electrons. The van der Waals surface area contributed by atoms with Crippen LogP contribution in [0.15, 0.2) is 12.7 Å². The number of rotatable bonds is 9. The molecule has 0 aliphatic carbocycles. The van der Waals surface area contributed by atoms with Crippen LogP contribution in [0.3, 0.4) is 0 Å². The van der Waals surface area contributed by atoms with Crippen LogP contribution in [0.25, 0.3) is 0 Å². The first-order chi connectivity index (χ1) is 9.26. The number of amides is 1. The van der Waals surface area contributed by atoms with Gasteiger partial charge in [0.2, 0.25) is 5.91 Å². The Labute approximate surface area is 116 Å². The topological polar surface area (TPSA) is 53.6 Å². The minimum Gasteiger partial charge on any atom is -0.383 e. The summed E-state index contributed by atoms with van der Waals surface area (Å²) in [5, 5.41) is 6.22. The molecule has 1 saturated heterocycles. The number of likely N-dealkylation sites (tertiary alicyclic amines) is 1. The summed E-state index contributed by atoms with van der Waals surface area (Å²) in [6.45, 7) is 9.42. The van der Waals surface area contributed by atoms with Gasteiger partial charge in [-0.1, -0.05) is 6.08 Å². The van der Waals surface area contributed by atoms with E-state index in [4.69, 9.17) is 4.74 Å². The third kappa shape index (κ3) is 7.30. The minimum absolute atomic E-state index is 0.0940. The van der Waals surface area contributed by atoms with Gasteiger partial charge in [0.05, 0.1) is 13.2 Å². The van der Waals surface area contributed by atoms with E-state index >= 15 is 0 Å². The molecule has 5 nitrogen and oxygen atoms in total. The lowest BCUT2D eigenvalue weighted by atomic mass is 9.97. The van der Waals surface area contributed by atoms with Crippen LogP contribution in [0, 0.1) is 5.92 Å². The van der Waals surface area contributed by atoms with E-state index in [9.17, 15) is 4.79 Å². The summed E-state index contributed by atoms with van der Waals surface area (Å²) in [7, 11) is 1.72. The lowest BCUT2D eigenvalue weighted by Gasteiger charge is -2.31. The van der Waals surface area contributed by atoms with Crippen molar-refractivity contribution in [2.24, 2.45) is 5.92 Å². The Morgan fingerprint density at radius 3 is 2.84 bits per heavy atom. The number of ether oxygens (including phenoxy) is 1. The van der Waals surface area contributed by atoms with Crippen LogP contribution >= 0.6 is 0 Å². The van der Waals surface area contributed by atoms with Crippen LogP contribution in [0.4, 0.5) is 0 Å². The predicted molar refractivity (Wildman–Crippen MR) is 77.1 cm³/mol. The van der Waals surface area contributed by atoms with E-state index in [1.165, 1.54) is 0 Å². The Bertz CT molecular complexity index is 263. The van der Waals surface area contributed by atoms with E-state index < -0.39 is 0 Å². The summed E-state index contributed by atoms with van der Waals surface area (Å²) in [6.07, 6.45) is 4.03. The van der Waals surface area contributed by atoms with Gasteiger partial charge in [0.25, 0.3) is 0 Å². The quantitative estimate of drug-likeness (QED) is 0.465. The van der Waals surface area contributed by atoms with E-state index in [-0.39, 0.29) is 5.91 Å². The molecule has 0 spiro atoms. The molecule has 19 heavy (non-hydrogen) atoms. The Morgan fingerprint density at radius 1 is 1.47 bits per heavy atom. The van der Waals surface area contributed by atoms with Gasteiger partial charge in [0, 0.05) is 20.2 Å². The second-order valence-corrected chi connectivity index (χ2v) is 5.01. The Morgan fingerprint density at radius 2 is 2.21 bits per heavy atom. The van der Waals surface area contributed by atoms with E-state index in [2.05, 4.69) is 22.1 Å². The van der Waals surface area contributed by atoms with Gasteiger partial charge in [0.15, 0.2) is 0 Å². The normalized spacial score (nSPS) is 17.3. The molecule has 1 amide bonds. The smallest absolute Gasteiger partial charge is 0.234 e. The van der Waals surface area contributed by atoms with Crippen molar-refractivity contribution in [3.63, 3.8) is 0 Å². The van der Waals surface area contributed by atoms with Gasteiger partial charge >= 0.3 is 0 Å². The maximum absolute atomic E-state index is 11.6. The Balaban J connectivity index is 2.07. The average molecular weight is 269 g/mol. The molecule has 0 saturated carbocycles. The monoisotopic (exact) mass is 269 g/mol. The highest BCUT2D eigenvalue weighted by Crippen LogP contribution is 2.15. The lowest BCUT2D eigenvalue weighted by molar-refractivity contribution is -0.122. The molecule has 0 unspecified atom stereocenters. The lowest BCUT2D eigenvalue weighted by Crippen LogP contribution is -2.43. The fourth-order valence-corrected chi connectivity index (χ4v) is 2.27. The highest BCUT2D eigenvalue weighted by Gasteiger charge is 2.20. The van der Waals surface area contributed by atoms with Gasteiger partial charge in [-0.2, -0.15) is 0 Å². The van der Waals surface area contributed by atoms with Crippen molar-refractivity contribution in [3.05, 3.63) is 12.7 Å². The standard InChI is InChI=1S/C14H27N3O2/c1-3-6-16-14(18)12-17-8-4-13(5-9-17)11-15-7-10-19-2/h3,13,15H,1,4-12H2,2H3,(H,16,18). The molecular weight excluding hydrogens is 242 g/mol. The summed E-state index contributed by atoms with van der Waals surface area (Å²) in [5.74, 6) is 0.820. The second kappa shape index (κ2) is 9.95. The van der Waals surface area contributed by atoms with Crippen molar-refractivity contribution in [1.29, 1.82) is 0 Å². The molecule has 5 heteroatoms. The minimum atomic E-state index is 0.0940. The highest BCUT2D eigenvalue weighted by atomic mass is 16.5. The first-order valence-corrected chi connectivity index (χ1v) is 7.06. The van der Waals surface area contributed by atoms with Gasteiger partial charge in [-0.3, -0.25) is 9.69 Å². The van der Waals surface area contributed by atoms with Gasteiger partial charge < -0.3 is 15.4 Å². The van der Waals surface area contributed by atoms with E-state index in [0.717, 1.165) is 51.5 Å². The molecule has 0 aromatic rings. The average Bonchev–Trinajstić information content (AvgIpc) is 2.43. The number of carbonyl (C=O) groups excluding carboxylic acids is 1.